The molecule has 0 atom stereocenters. The van der Waals surface area contributed by atoms with E-state index in [0.717, 1.165) is 84.2 Å². The lowest BCUT2D eigenvalue weighted by atomic mass is 10.0. The summed E-state index contributed by atoms with van der Waals surface area (Å²) in [6, 6.07) is 16.2. The average Bonchev–Trinajstić information content (AvgIpc) is 2.88. The first-order chi connectivity index (χ1) is 16.3. The first kappa shape index (κ1) is 18.3. The van der Waals surface area contributed by atoms with Crippen molar-refractivity contribution >= 4 is 65.7 Å². The fraction of sp³-hybridized carbons (Fsp3) is 0.111. The highest BCUT2D eigenvalue weighted by Crippen LogP contribution is 2.36. The second-order valence-corrected chi connectivity index (χ2v) is 8.27. The number of fused-ring (bicyclic) bond motifs is 12. The second-order valence-electron chi connectivity index (χ2n) is 8.27. The number of nitrogens with zero attached hydrogens (tertiary/aromatic N) is 6. The topological polar surface area (TPSA) is 77.3 Å². The van der Waals surface area contributed by atoms with Crippen LogP contribution >= 0.6 is 0 Å². The summed E-state index contributed by atoms with van der Waals surface area (Å²) in [5.74, 6) is 0. The molecule has 6 nitrogen and oxygen atoms in total. The van der Waals surface area contributed by atoms with E-state index in [2.05, 4.69) is 35.1 Å². The van der Waals surface area contributed by atoms with E-state index in [1.165, 1.54) is 0 Å². The molecule has 7 aromatic rings. The third kappa shape index (κ3) is 2.55. The van der Waals surface area contributed by atoms with E-state index in [-0.39, 0.29) is 0 Å². The minimum atomic E-state index is 0.825. The Bertz CT molecular complexity index is 1890. The van der Waals surface area contributed by atoms with Gasteiger partial charge in [-0.1, -0.05) is 13.3 Å². The molecule has 0 saturated carbocycles. The summed E-state index contributed by atoms with van der Waals surface area (Å²) in [4.78, 5) is 29.3. The van der Waals surface area contributed by atoms with E-state index < -0.39 is 0 Å². The summed E-state index contributed by atoms with van der Waals surface area (Å²) in [5.41, 5.74) is 7.79. The zero-order valence-corrected chi connectivity index (χ0v) is 17.9. The number of pyridine rings is 4. The highest BCUT2D eigenvalue weighted by Gasteiger charge is 2.18. The van der Waals surface area contributed by atoms with Gasteiger partial charge >= 0.3 is 0 Å². The molecule has 0 aliphatic carbocycles. The van der Waals surface area contributed by atoms with Gasteiger partial charge in [0.15, 0.2) is 0 Å². The molecular formula is C27H18N6. The Morgan fingerprint density at radius 2 is 0.909 bits per heavy atom. The molecule has 6 heteroatoms. The lowest BCUT2D eigenvalue weighted by molar-refractivity contribution is 0.890. The third-order valence-corrected chi connectivity index (χ3v) is 6.25. The molecule has 0 N–H and O–H groups in total. The molecule has 0 amide bonds. The highest BCUT2D eigenvalue weighted by atomic mass is 14.9. The predicted octanol–water partition coefficient (Wildman–Crippen LogP) is 5.93. The van der Waals surface area contributed by atoms with Crippen molar-refractivity contribution in [2.75, 3.05) is 0 Å². The molecule has 0 spiro atoms. The van der Waals surface area contributed by atoms with Crippen LogP contribution in [0.5, 0.6) is 0 Å². The minimum absolute atomic E-state index is 0.825. The van der Waals surface area contributed by atoms with Gasteiger partial charge in [0.25, 0.3) is 0 Å². The Kier molecular flexibility index (Phi) is 3.79. The van der Waals surface area contributed by atoms with Crippen molar-refractivity contribution < 1.29 is 0 Å². The van der Waals surface area contributed by atoms with E-state index in [4.69, 9.17) is 19.9 Å². The summed E-state index contributed by atoms with van der Waals surface area (Å²) in [6.45, 7) is 2.17. The summed E-state index contributed by atoms with van der Waals surface area (Å²) in [6.07, 6.45) is 7.38. The van der Waals surface area contributed by atoms with Gasteiger partial charge in [-0.15, -0.1) is 0 Å². The minimum Gasteiger partial charge on any atom is -0.254 e. The maximum Gasteiger partial charge on any atom is 0.0996 e. The molecule has 0 unspecified atom stereocenters. The van der Waals surface area contributed by atoms with Crippen LogP contribution in [0.25, 0.3) is 65.7 Å². The summed E-state index contributed by atoms with van der Waals surface area (Å²) < 4.78 is 0. The van der Waals surface area contributed by atoms with Crippen LogP contribution in [0.3, 0.4) is 0 Å². The zero-order valence-electron chi connectivity index (χ0n) is 17.9. The molecule has 0 radical (unpaired) electrons. The summed E-state index contributed by atoms with van der Waals surface area (Å²) in [7, 11) is 0. The van der Waals surface area contributed by atoms with E-state index in [1.807, 2.05) is 36.5 Å². The Balaban J connectivity index is 1.76. The number of hydrogen-bond acceptors (Lipinski definition) is 6. The fourth-order valence-electron chi connectivity index (χ4n) is 4.81. The average molecular weight is 426 g/mol. The standard InChI is InChI=1S/C27H18N6/c1-2-6-15-10-11-19-23(31-15)22-18(9-5-14-30-22)26-27(19)33-25-17-8-4-13-29-21(17)20-16(24(25)32-26)7-3-12-28-20/h3-5,7-14H,2,6H2,1H3. The van der Waals surface area contributed by atoms with E-state index in [0.29, 0.717) is 0 Å². The lowest BCUT2D eigenvalue weighted by Crippen LogP contribution is -1.98. The highest BCUT2D eigenvalue weighted by molar-refractivity contribution is 6.26. The predicted molar refractivity (Wildman–Crippen MR) is 132 cm³/mol. The summed E-state index contributed by atoms with van der Waals surface area (Å²) >= 11 is 0. The molecule has 33 heavy (non-hydrogen) atoms. The number of aromatic nitrogens is 6. The van der Waals surface area contributed by atoms with Gasteiger partial charge in [-0.05, 0) is 55.0 Å². The Morgan fingerprint density at radius 1 is 0.485 bits per heavy atom. The van der Waals surface area contributed by atoms with Crippen molar-refractivity contribution in [3.8, 4) is 0 Å². The molecule has 2 aromatic carbocycles. The van der Waals surface area contributed by atoms with Crippen molar-refractivity contribution in [1.29, 1.82) is 0 Å². The molecule has 0 saturated heterocycles. The molecule has 0 bridgehead atoms. The van der Waals surface area contributed by atoms with Gasteiger partial charge < -0.3 is 0 Å². The maximum atomic E-state index is 5.21. The third-order valence-electron chi connectivity index (χ3n) is 6.25. The number of benzene rings is 2. The molecule has 0 aliphatic heterocycles. The van der Waals surface area contributed by atoms with Gasteiger partial charge in [-0.3, -0.25) is 19.9 Å². The van der Waals surface area contributed by atoms with Crippen LogP contribution in [0.1, 0.15) is 19.0 Å². The van der Waals surface area contributed by atoms with Crippen LogP contribution in [0.2, 0.25) is 0 Å². The van der Waals surface area contributed by atoms with Crippen LogP contribution < -0.4 is 0 Å². The second kappa shape index (κ2) is 6.84. The molecule has 5 heterocycles. The normalized spacial score (nSPS) is 12.0. The Hall–Kier alpha value is -4.32. The Labute approximate surface area is 188 Å². The quantitative estimate of drug-likeness (QED) is 0.252. The van der Waals surface area contributed by atoms with Crippen molar-refractivity contribution in [1.82, 2.24) is 29.9 Å². The zero-order chi connectivity index (χ0) is 21.9. The van der Waals surface area contributed by atoms with E-state index >= 15 is 0 Å². The van der Waals surface area contributed by atoms with Crippen LogP contribution in [0.4, 0.5) is 0 Å². The van der Waals surface area contributed by atoms with Gasteiger partial charge in [0, 0.05) is 45.8 Å². The summed E-state index contributed by atoms with van der Waals surface area (Å²) in [5, 5.41) is 3.82. The number of rotatable bonds is 2. The Morgan fingerprint density at radius 3 is 1.39 bits per heavy atom. The van der Waals surface area contributed by atoms with E-state index in [9.17, 15) is 0 Å². The fourth-order valence-corrected chi connectivity index (χ4v) is 4.81. The van der Waals surface area contributed by atoms with Crippen molar-refractivity contribution in [3.05, 3.63) is 72.8 Å². The molecule has 7 rings (SSSR count). The van der Waals surface area contributed by atoms with Gasteiger partial charge in [0.1, 0.15) is 0 Å². The van der Waals surface area contributed by atoms with Gasteiger partial charge in [0.2, 0.25) is 0 Å². The SMILES string of the molecule is CCCc1ccc2c(n1)c1ncccc1c1nc3c4cccnc4c4ncccc4c3nc21. The van der Waals surface area contributed by atoms with Crippen molar-refractivity contribution in [2.24, 2.45) is 0 Å². The first-order valence-corrected chi connectivity index (χ1v) is 11.1. The molecule has 156 valence electrons. The largest absolute Gasteiger partial charge is 0.254 e. The van der Waals surface area contributed by atoms with Crippen LogP contribution in [-0.4, -0.2) is 29.9 Å². The molecule has 5 aromatic heterocycles. The smallest absolute Gasteiger partial charge is 0.0996 e. The maximum absolute atomic E-state index is 5.21. The van der Waals surface area contributed by atoms with Crippen molar-refractivity contribution in [2.45, 2.75) is 19.8 Å². The van der Waals surface area contributed by atoms with Crippen LogP contribution in [0.15, 0.2) is 67.1 Å². The number of aryl methyl sites for hydroxylation is 1. The van der Waals surface area contributed by atoms with E-state index in [1.54, 1.807) is 12.4 Å². The molecular weight excluding hydrogens is 408 g/mol. The van der Waals surface area contributed by atoms with Gasteiger partial charge in [-0.2, -0.15) is 0 Å². The monoisotopic (exact) mass is 426 g/mol. The lowest BCUT2D eigenvalue weighted by Gasteiger charge is -2.12. The van der Waals surface area contributed by atoms with Crippen molar-refractivity contribution in [3.63, 3.8) is 0 Å². The van der Waals surface area contributed by atoms with Gasteiger partial charge in [-0.25, -0.2) is 9.97 Å². The van der Waals surface area contributed by atoms with Gasteiger partial charge in [0.05, 0.1) is 44.1 Å². The molecule has 0 fully saturated rings. The number of hydrogen-bond donors (Lipinski definition) is 0. The van der Waals surface area contributed by atoms with Crippen LogP contribution in [0, 0.1) is 0 Å². The van der Waals surface area contributed by atoms with Crippen LogP contribution in [-0.2, 0) is 6.42 Å². The molecule has 0 aliphatic rings. The first-order valence-electron chi connectivity index (χ1n) is 11.1.